The maximum absolute atomic E-state index is 13.1. The van der Waals surface area contributed by atoms with Crippen LogP contribution in [0.5, 0.6) is 0 Å². The van der Waals surface area contributed by atoms with Crippen molar-refractivity contribution in [2.45, 2.75) is 75.9 Å². The van der Waals surface area contributed by atoms with Crippen molar-refractivity contribution in [3.8, 4) is 0 Å². The third-order valence-corrected chi connectivity index (χ3v) is 7.72. The standard InChI is InChI=1S/C23H35N5O4S/c1-23(2,30)19-14-20(25-28(19)12-11-27(3)4)33(31,32)26-22(29)24-21-17-9-5-7-15(17)13-16-8-6-10-18(16)21/h13-14,22,24,26,29-30H,5-12H2,1-4H3. The van der Waals surface area contributed by atoms with Gasteiger partial charge in [-0.2, -0.15) is 9.82 Å². The molecule has 0 fully saturated rings. The van der Waals surface area contributed by atoms with Gasteiger partial charge in [-0.25, -0.2) is 8.42 Å². The lowest BCUT2D eigenvalue weighted by atomic mass is 9.99. The topological polar surface area (TPSA) is 120 Å². The number of aryl methyl sites for hydroxylation is 2. The minimum absolute atomic E-state index is 0.234. The van der Waals surface area contributed by atoms with Crippen LogP contribution >= 0.6 is 0 Å². The number of fused-ring (bicyclic) bond motifs is 2. The highest BCUT2D eigenvalue weighted by Crippen LogP contribution is 2.38. The first-order valence-corrected chi connectivity index (χ1v) is 13.0. The minimum Gasteiger partial charge on any atom is -0.384 e. The Morgan fingerprint density at radius 1 is 1.12 bits per heavy atom. The minimum atomic E-state index is -4.13. The van der Waals surface area contributed by atoms with E-state index >= 15 is 0 Å². The number of aliphatic hydroxyl groups excluding tert-OH is 1. The third-order valence-electron chi connectivity index (χ3n) is 6.44. The van der Waals surface area contributed by atoms with Crippen molar-refractivity contribution in [1.29, 1.82) is 0 Å². The molecule has 1 atom stereocenters. The predicted octanol–water partition coefficient (Wildman–Crippen LogP) is 1.32. The molecule has 182 valence electrons. The van der Waals surface area contributed by atoms with Crippen LogP contribution in [0.15, 0.2) is 17.2 Å². The third kappa shape index (κ3) is 5.09. The molecule has 1 aromatic carbocycles. The zero-order valence-corrected chi connectivity index (χ0v) is 20.7. The number of aromatic nitrogens is 2. The van der Waals surface area contributed by atoms with E-state index in [2.05, 4.69) is 21.2 Å². The average Bonchev–Trinajstić information content (AvgIpc) is 3.44. The van der Waals surface area contributed by atoms with E-state index in [0.717, 1.165) is 44.2 Å². The van der Waals surface area contributed by atoms with Gasteiger partial charge >= 0.3 is 0 Å². The van der Waals surface area contributed by atoms with Gasteiger partial charge in [0.2, 0.25) is 0 Å². The summed E-state index contributed by atoms with van der Waals surface area (Å²) in [6.07, 6.45) is 4.53. The van der Waals surface area contributed by atoms with Crippen LogP contribution in [0, 0.1) is 0 Å². The lowest BCUT2D eigenvalue weighted by Crippen LogP contribution is -2.40. The van der Waals surface area contributed by atoms with Gasteiger partial charge < -0.3 is 20.4 Å². The Kier molecular flexibility index (Phi) is 6.58. The van der Waals surface area contributed by atoms with Gasteiger partial charge in [-0.05, 0) is 88.7 Å². The Morgan fingerprint density at radius 2 is 1.73 bits per heavy atom. The SMILES string of the molecule is CN(C)CCn1nc(S(=O)(=O)NC(O)Nc2c3c(cc4c2CCC4)CCC3)cc1C(C)(C)O. The van der Waals surface area contributed by atoms with Crippen molar-refractivity contribution >= 4 is 15.7 Å². The summed E-state index contributed by atoms with van der Waals surface area (Å²) in [6.45, 7) is 4.23. The summed E-state index contributed by atoms with van der Waals surface area (Å²) in [7, 11) is -0.311. The molecule has 0 saturated carbocycles. The molecule has 0 bridgehead atoms. The molecule has 2 aromatic rings. The van der Waals surface area contributed by atoms with Crippen LogP contribution < -0.4 is 10.0 Å². The molecular formula is C23H35N5O4S. The second-order valence-corrected chi connectivity index (χ2v) is 11.5. The number of nitrogens with zero attached hydrogens (tertiary/aromatic N) is 3. The van der Waals surface area contributed by atoms with E-state index in [1.807, 2.05) is 19.0 Å². The molecule has 1 unspecified atom stereocenters. The second kappa shape index (κ2) is 8.99. The highest BCUT2D eigenvalue weighted by molar-refractivity contribution is 7.89. The van der Waals surface area contributed by atoms with E-state index in [4.69, 9.17) is 0 Å². The molecule has 0 saturated heterocycles. The van der Waals surface area contributed by atoms with Crippen LogP contribution in [-0.4, -0.2) is 60.3 Å². The fraction of sp³-hybridized carbons (Fsp3) is 0.609. The Balaban J connectivity index is 1.56. The van der Waals surface area contributed by atoms with Crippen LogP contribution in [0.4, 0.5) is 5.69 Å². The first-order chi connectivity index (χ1) is 15.5. The fourth-order valence-corrected chi connectivity index (χ4v) is 5.79. The van der Waals surface area contributed by atoms with Crippen LogP contribution in [-0.2, 0) is 47.9 Å². The van der Waals surface area contributed by atoms with Gasteiger partial charge in [-0.15, -0.1) is 0 Å². The molecule has 1 aromatic heterocycles. The molecule has 0 spiro atoms. The van der Waals surface area contributed by atoms with Gasteiger partial charge in [0.25, 0.3) is 10.0 Å². The van der Waals surface area contributed by atoms with Crippen LogP contribution in [0.25, 0.3) is 0 Å². The summed E-state index contributed by atoms with van der Waals surface area (Å²) < 4.78 is 29.9. The van der Waals surface area contributed by atoms with Crippen molar-refractivity contribution in [3.63, 3.8) is 0 Å². The van der Waals surface area contributed by atoms with E-state index < -0.39 is 22.0 Å². The molecule has 0 radical (unpaired) electrons. The number of hydrogen-bond donors (Lipinski definition) is 4. The second-order valence-electron chi connectivity index (χ2n) is 9.86. The van der Waals surface area contributed by atoms with Crippen LogP contribution in [0.3, 0.4) is 0 Å². The zero-order chi connectivity index (χ0) is 24.0. The predicted molar refractivity (Wildman–Crippen MR) is 126 cm³/mol. The molecule has 2 aliphatic carbocycles. The van der Waals surface area contributed by atoms with E-state index in [1.54, 1.807) is 13.8 Å². The van der Waals surface area contributed by atoms with Crippen molar-refractivity contribution in [2.24, 2.45) is 0 Å². The largest absolute Gasteiger partial charge is 0.384 e. The molecule has 0 amide bonds. The summed E-state index contributed by atoms with van der Waals surface area (Å²) in [5.74, 6) is 0. The Bertz CT molecular complexity index is 1100. The number of benzene rings is 1. The van der Waals surface area contributed by atoms with Crippen molar-refractivity contribution in [1.82, 2.24) is 19.4 Å². The van der Waals surface area contributed by atoms with E-state index in [1.165, 1.54) is 33.0 Å². The van der Waals surface area contributed by atoms with Gasteiger partial charge in [-0.1, -0.05) is 6.07 Å². The number of rotatable bonds is 9. The van der Waals surface area contributed by atoms with Gasteiger partial charge in [0.15, 0.2) is 11.4 Å². The Labute approximate surface area is 195 Å². The van der Waals surface area contributed by atoms with Crippen molar-refractivity contribution in [2.75, 3.05) is 26.0 Å². The van der Waals surface area contributed by atoms with Crippen molar-refractivity contribution < 1.29 is 18.6 Å². The Morgan fingerprint density at radius 3 is 2.27 bits per heavy atom. The number of nitrogens with one attached hydrogen (secondary N) is 2. The molecule has 1 heterocycles. The molecule has 2 aliphatic rings. The Hall–Kier alpha value is -1.98. The highest BCUT2D eigenvalue weighted by atomic mass is 32.2. The molecule has 33 heavy (non-hydrogen) atoms. The number of sulfonamides is 1. The zero-order valence-electron chi connectivity index (χ0n) is 19.8. The smallest absolute Gasteiger partial charge is 0.263 e. The summed E-state index contributed by atoms with van der Waals surface area (Å²) in [6, 6.07) is 3.65. The average molecular weight is 478 g/mol. The quantitative estimate of drug-likeness (QED) is 0.402. The summed E-state index contributed by atoms with van der Waals surface area (Å²) in [5.41, 5.74) is 4.96. The monoisotopic (exact) mass is 477 g/mol. The maximum atomic E-state index is 13.1. The number of likely N-dealkylation sites (N-methyl/N-ethyl adjacent to an activating group) is 1. The highest BCUT2D eigenvalue weighted by Gasteiger charge is 2.30. The number of anilines is 1. The lowest BCUT2D eigenvalue weighted by Gasteiger charge is -2.21. The normalized spacial score (nSPS) is 16.8. The first kappa shape index (κ1) is 24.2. The number of aliphatic hydroxyl groups is 2. The van der Waals surface area contributed by atoms with E-state index in [9.17, 15) is 18.6 Å². The summed E-state index contributed by atoms with van der Waals surface area (Å²) >= 11 is 0. The van der Waals surface area contributed by atoms with Gasteiger partial charge in [0.05, 0.1) is 12.2 Å². The van der Waals surface area contributed by atoms with Gasteiger partial charge in [0.1, 0.15) is 5.60 Å². The van der Waals surface area contributed by atoms with Gasteiger partial charge in [-0.3, -0.25) is 4.68 Å². The van der Waals surface area contributed by atoms with Crippen LogP contribution in [0.1, 0.15) is 54.6 Å². The molecule has 4 rings (SSSR count). The molecular weight excluding hydrogens is 442 g/mol. The van der Waals surface area contributed by atoms with E-state index in [-0.39, 0.29) is 5.03 Å². The van der Waals surface area contributed by atoms with Gasteiger partial charge in [0, 0.05) is 18.3 Å². The summed E-state index contributed by atoms with van der Waals surface area (Å²) in [5, 5.41) is 28.2. The maximum Gasteiger partial charge on any atom is 0.263 e. The molecule has 0 aliphatic heterocycles. The van der Waals surface area contributed by atoms with Crippen LogP contribution in [0.2, 0.25) is 0 Å². The molecule has 10 heteroatoms. The molecule has 4 N–H and O–H groups in total. The van der Waals surface area contributed by atoms with Crippen molar-refractivity contribution in [3.05, 3.63) is 40.1 Å². The van der Waals surface area contributed by atoms with E-state index in [0.29, 0.717) is 18.8 Å². The lowest BCUT2D eigenvalue weighted by molar-refractivity contribution is 0.0678. The number of hydrogen-bond acceptors (Lipinski definition) is 7. The first-order valence-electron chi connectivity index (χ1n) is 11.5. The summed E-state index contributed by atoms with van der Waals surface area (Å²) in [4.78, 5) is 1.95. The molecule has 9 nitrogen and oxygen atoms in total. The fourth-order valence-electron chi connectivity index (χ4n) is 4.85.